The first kappa shape index (κ1) is 12.0. The zero-order valence-electron chi connectivity index (χ0n) is 10.5. The van der Waals surface area contributed by atoms with E-state index in [9.17, 15) is 4.79 Å². The number of carbonyl (C=O) groups is 1. The van der Waals surface area contributed by atoms with Crippen LogP contribution in [-0.4, -0.2) is 19.1 Å². The van der Waals surface area contributed by atoms with E-state index in [0.29, 0.717) is 0 Å². The predicted molar refractivity (Wildman–Crippen MR) is 67.2 cm³/mol. The molecule has 0 bridgehead atoms. The van der Waals surface area contributed by atoms with Gasteiger partial charge in [0.05, 0.1) is 0 Å². The Kier molecular flexibility index (Phi) is 3.67. The molecule has 0 fully saturated rings. The van der Waals surface area contributed by atoms with E-state index in [2.05, 4.69) is 11.4 Å². The Balaban J connectivity index is 2.18. The summed E-state index contributed by atoms with van der Waals surface area (Å²) in [6.45, 7) is 1.78. The van der Waals surface area contributed by atoms with E-state index in [1.54, 1.807) is 14.0 Å². The lowest BCUT2D eigenvalue weighted by atomic mass is 9.91. The molecule has 0 saturated heterocycles. The molecule has 1 aromatic carbocycles. The van der Waals surface area contributed by atoms with Gasteiger partial charge in [-0.15, -0.1) is 0 Å². The molecule has 17 heavy (non-hydrogen) atoms. The minimum Gasteiger partial charge on any atom is -0.481 e. The minimum absolute atomic E-state index is 0.0848. The molecule has 1 amide bonds. The summed E-state index contributed by atoms with van der Waals surface area (Å²) in [5.74, 6) is 0.789. The van der Waals surface area contributed by atoms with E-state index >= 15 is 0 Å². The fourth-order valence-electron chi connectivity index (χ4n) is 2.30. The van der Waals surface area contributed by atoms with Crippen LogP contribution in [0, 0.1) is 0 Å². The first-order chi connectivity index (χ1) is 8.22. The zero-order valence-corrected chi connectivity index (χ0v) is 10.5. The molecule has 2 rings (SSSR count). The second kappa shape index (κ2) is 5.21. The van der Waals surface area contributed by atoms with Crippen LogP contribution >= 0.6 is 0 Å². The van der Waals surface area contributed by atoms with Crippen molar-refractivity contribution < 1.29 is 9.53 Å². The highest BCUT2D eigenvalue weighted by molar-refractivity contribution is 5.80. The van der Waals surface area contributed by atoms with Gasteiger partial charge in [0.15, 0.2) is 6.10 Å². The second-order valence-electron chi connectivity index (χ2n) is 4.48. The fourth-order valence-corrected chi connectivity index (χ4v) is 2.30. The molecule has 0 spiro atoms. The predicted octanol–water partition coefficient (Wildman–Crippen LogP) is 2.08. The number of carbonyl (C=O) groups excluding carboxylic acids is 1. The molecule has 0 saturated carbocycles. The Morgan fingerprint density at radius 2 is 2.12 bits per heavy atom. The molecule has 1 aliphatic rings. The Morgan fingerprint density at radius 3 is 2.88 bits per heavy atom. The number of amides is 1. The van der Waals surface area contributed by atoms with Crippen LogP contribution in [0.2, 0.25) is 0 Å². The highest BCUT2D eigenvalue weighted by Gasteiger charge is 2.18. The van der Waals surface area contributed by atoms with Gasteiger partial charge in [0, 0.05) is 7.05 Å². The number of likely N-dealkylation sites (N-methyl/N-ethyl adjacent to an activating group) is 1. The van der Waals surface area contributed by atoms with Crippen LogP contribution in [0.3, 0.4) is 0 Å². The van der Waals surface area contributed by atoms with Crippen molar-refractivity contribution in [3.63, 3.8) is 0 Å². The van der Waals surface area contributed by atoms with Gasteiger partial charge < -0.3 is 10.1 Å². The number of benzene rings is 1. The van der Waals surface area contributed by atoms with Crippen LogP contribution in [0.1, 0.15) is 30.9 Å². The molecule has 92 valence electrons. The van der Waals surface area contributed by atoms with Crippen molar-refractivity contribution >= 4 is 5.91 Å². The number of aryl methyl sites for hydroxylation is 1. The highest BCUT2D eigenvalue weighted by atomic mass is 16.5. The molecular weight excluding hydrogens is 214 g/mol. The summed E-state index contributed by atoms with van der Waals surface area (Å²) in [5.41, 5.74) is 2.66. The van der Waals surface area contributed by atoms with Crippen molar-refractivity contribution in [2.45, 2.75) is 38.7 Å². The lowest BCUT2D eigenvalue weighted by Crippen LogP contribution is -2.34. The number of fused-ring (bicyclic) bond motifs is 1. The van der Waals surface area contributed by atoms with Gasteiger partial charge in [-0.05, 0) is 49.8 Å². The lowest BCUT2D eigenvalue weighted by Gasteiger charge is -2.21. The third-order valence-corrected chi connectivity index (χ3v) is 3.27. The standard InChI is InChI=1S/C14H19NO2/c1-10(14(16)15-2)17-13-9-5-7-11-6-3-4-8-12(11)13/h5,7,9-10H,3-4,6,8H2,1-2H3,(H,15,16). The zero-order chi connectivity index (χ0) is 12.3. The van der Waals surface area contributed by atoms with Crippen LogP contribution in [-0.2, 0) is 17.6 Å². The molecule has 1 aliphatic carbocycles. The first-order valence-electron chi connectivity index (χ1n) is 6.21. The van der Waals surface area contributed by atoms with Crippen molar-refractivity contribution in [3.8, 4) is 5.75 Å². The maximum Gasteiger partial charge on any atom is 0.260 e. The first-order valence-corrected chi connectivity index (χ1v) is 6.21. The van der Waals surface area contributed by atoms with Gasteiger partial charge in [-0.1, -0.05) is 12.1 Å². The third-order valence-electron chi connectivity index (χ3n) is 3.27. The normalized spacial score (nSPS) is 15.9. The lowest BCUT2D eigenvalue weighted by molar-refractivity contribution is -0.126. The van der Waals surface area contributed by atoms with Crippen LogP contribution in [0.5, 0.6) is 5.75 Å². The number of rotatable bonds is 3. The van der Waals surface area contributed by atoms with E-state index in [0.717, 1.165) is 18.6 Å². The monoisotopic (exact) mass is 233 g/mol. The van der Waals surface area contributed by atoms with E-state index in [-0.39, 0.29) is 5.91 Å². The summed E-state index contributed by atoms with van der Waals surface area (Å²) in [6, 6.07) is 6.13. The number of nitrogens with one attached hydrogen (secondary N) is 1. The summed E-state index contributed by atoms with van der Waals surface area (Å²) in [4.78, 5) is 11.4. The van der Waals surface area contributed by atoms with Crippen LogP contribution in [0.25, 0.3) is 0 Å². The highest BCUT2D eigenvalue weighted by Crippen LogP contribution is 2.30. The molecule has 0 aromatic heterocycles. The average molecular weight is 233 g/mol. The molecule has 0 radical (unpaired) electrons. The Morgan fingerprint density at radius 1 is 1.35 bits per heavy atom. The van der Waals surface area contributed by atoms with Crippen molar-refractivity contribution in [2.75, 3.05) is 7.05 Å². The van der Waals surface area contributed by atoms with Gasteiger partial charge in [-0.3, -0.25) is 4.79 Å². The fraction of sp³-hybridized carbons (Fsp3) is 0.500. The Hall–Kier alpha value is -1.51. The number of ether oxygens (including phenoxy) is 1. The second-order valence-corrected chi connectivity index (χ2v) is 4.48. The van der Waals surface area contributed by atoms with Gasteiger partial charge in [0.25, 0.3) is 5.91 Å². The Bertz CT molecular complexity index is 415. The quantitative estimate of drug-likeness (QED) is 0.868. The molecule has 1 atom stereocenters. The molecule has 0 heterocycles. The van der Waals surface area contributed by atoms with E-state index in [1.807, 2.05) is 12.1 Å². The van der Waals surface area contributed by atoms with Crippen molar-refractivity contribution in [1.29, 1.82) is 0 Å². The minimum atomic E-state index is -0.437. The summed E-state index contributed by atoms with van der Waals surface area (Å²) >= 11 is 0. The van der Waals surface area contributed by atoms with Gasteiger partial charge in [-0.2, -0.15) is 0 Å². The van der Waals surface area contributed by atoms with Crippen molar-refractivity contribution in [2.24, 2.45) is 0 Å². The van der Waals surface area contributed by atoms with Crippen LogP contribution in [0.4, 0.5) is 0 Å². The van der Waals surface area contributed by atoms with Gasteiger partial charge in [0.1, 0.15) is 5.75 Å². The smallest absolute Gasteiger partial charge is 0.260 e. The van der Waals surface area contributed by atoms with Crippen LogP contribution < -0.4 is 10.1 Å². The van der Waals surface area contributed by atoms with E-state index in [1.165, 1.54) is 24.0 Å². The summed E-state index contributed by atoms with van der Waals surface area (Å²) < 4.78 is 5.75. The van der Waals surface area contributed by atoms with Gasteiger partial charge in [0.2, 0.25) is 0 Å². The van der Waals surface area contributed by atoms with E-state index < -0.39 is 6.10 Å². The maximum atomic E-state index is 11.4. The van der Waals surface area contributed by atoms with Gasteiger partial charge in [-0.25, -0.2) is 0 Å². The number of hydrogen-bond acceptors (Lipinski definition) is 2. The molecule has 0 aliphatic heterocycles. The SMILES string of the molecule is CNC(=O)C(C)Oc1cccc2c1CCCC2. The van der Waals surface area contributed by atoms with Crippen molar-refractivity contribution in [3.05, 3.63) is 29.3 Å². The molecular formula is C14H19NO2. The summed E-state index contributed by atoms with van der Waals surface area (Å²) in [7, 11) is 1.63. The third kappa shape index (κ3) is 2.60. The molecule has 3 nitrogen and oxygen atoms in total. The molecule has 1 unspecified atom stereocenters. The van der Waals surface area contributed by atoms with Crippen molar-refractivity contribution in [1.82, 2.24) is 5.32 Å². The Labute approximate surface area is 102 Å². The van der Waals surface area contributed by atoms with Crippen LogP contribution in [0.15, 0.2) is 18.2 Å². The number of hydrogen-bond donors (Lipinski definition) is 1. The van der Waals surface area contributed by atoms with Gasteiger partial charge >= 0.3 is 0 Å². The molecule has 3 heteroatoms. The summed E-state index contributed by atoms with van der Waals surface area (Å²) in [6.07, 6.45) is 4.21. The molecule has 1 aromatic rings. The topological polar surface area (TPSA) is 38.3 Å². The maximum absolute atomic E-state index is 11.4. The average Bonchev–Trinajstić information content (AvgIpc) is 2.38. The molecule has 1 N–H and O–H groups in total. The van der Waals surface area contributed by atoms with E-state index in [4.69, 9.17) is 4.74 Å². The summed E-state index contributed by atoms with van der Waals surface area (Å²) in [5, 5.41) is 2.60. The largest absolute Gasteiger partial charge is 0.481 e.